The fraction of sp³-hybridized carbons (Fsp3) is 0.500. The van der Waals surface area contributed by atoms with Crippen LogP contribution in [0.25, 0.3) is 0 Å². The third-order valence-electron chi connectivity index (χ3n) is 3.44. The van der Waals surface area contributed by atoms with Crippen molar-refractivity contribution in [3.8, 4) is 11.8 Å². The first-order chi connectivity index (χ1) is 9.97. The molecule has 1 aromatic rings. The monoisotopic (exact) mass is 309 g/mol. The molecule has 1 aromatic carbocycles. The number of rotatable bonds is 6. The van der Waals surface area contributed by atoms with Crippen LogP contribution in [-0.4, -0.2) is 37.5 Å². The van der Waals surface area contributed by atoms with Gasteiger partial charge < -0.3 is 5.11 Å². The Morgan fingerprint density at radius 2 is 1.95 bits per heavy atom. The zero-order chi connectivity index (χ0) is 15.9. The summed E-state index contributed by atoms with van der Waals surface area (Å²) in [5.74, 6) is 5.66. The highest BCUT2D eigenvalue weighted by atomic mass is 32.2. The number of aliphatic hydroxyl groups excluding tert-OH is 1. The average Bonchev–Trinajstić information content (AvgIpc) is 2.49. The van der Waals surface area contributed by atoms with Gasteiger partial charge in [-0.25, -0.2) is 8.42 Å². The van der Waals surface area contributed by atoms with Gasteiger partial charge in [-0.1, -0.05) is 31.8 Å². The zero-order valence-corrected chi connectivity index (χ0v) is 13.7. The van der Waals surface area contributed by atoms with Crippen molar-refractivity contribution in [2.45, 2.75) is 44.0 Å². The average molecular weight is 309 g/mol. The highest BCUT2D eigenvalue weighted by Gasteiger charge is 2.25. The minimum absolute atomic E-state index is 0.000806. The molecule has 0 saturated carbocycles. The molecule has 21 heavy (non-hydrogen) atoms. The summed E-state index contributed by atoms with van der Waals surface area (Å²) in [7, 11) is -1.88. The molecular weight excluding hydrogens is 286 g/mol. The summed E-state index contributed by atoms with van der Waals surface area (Å²) in [4.78, 5) is 0.257. The fourth-order valence-corrected chi connectivity index (χ4v) is 3.67. The van der Waals surface area contributed by atoms with Gasteiger partial charge in [0.1, 0.15) is 0 Å². The Balaban J connectivity index is 3.10. The van der Waals surface area contributed by atoms with Crippen LogP contribution in [0.4, 0.5) is 0 Å². The van der Waals surface area contributed by atoms with Crippen LogP contribution in [0.3, 0.4) is 0 Å². The molecule has 4 nitrogen and oxygen atoms in total. The molecule has 0 aromatic heterocycles. The molecule has 116 valence electrons. The van der Waals surface area contributed by atoms with E-state index >= 15 is 0 Å². The summed E-state index contributed by atoms with van der Waals surface area (Å²) in [6.07, 6.45) is 1.94. The summed E-state index contributed by atoms with van der Waals surface area (Å²) < 4.78 is 26.7. The van der Waals surface area contributed by atoms with E-state index in [9.17, 15) is 8.42 Å². The van der Waals surface area contributed by atoms with E-state index in [1.54, 1.807) is 31.3 Å². The lowest BCUT2D eigenvalue weighted by molar-refractivity contribution is 0.305. The molecule has 5 heteroatoms. The van der Waals surface area contributed by atoms with Crippen molar-refractivity contribution in [3.63, 3.8) is 0 Å². The van der Waals surface area contributed by atoms with Gasteiger partial charge in [0.05, 0.1) is 11.5 Å². The van der Waals surface area contributed by atoms with Crippen LogP contribution in [0.15, 0.2) is 29.2 Å². The molecular formula is C16H23NO3S. The maximum atomic E-state index is 12.6. The van der Waals surface area contributed by atoms with Crippen LogP contribution in [-0.2, 0) is 10.0 Å². The van der Waals surface area contributed by atoms with Crippen molar-refractivity contribution in [2.75, 3.05) is 13.7 Å². The third-order valence-corrected chi connectivity index (χ3v) is 5.34. The van der Waals surface area contributed by atoms with Gasteiger partial charge in [-0.15, -0.1) is 0 Å². The summed E-state index contributed by atoms with van der Waals surface area (Å²) in [5.41, 5.74) is 0.641. The molecule has 0 saturated heterocycles. The Bertz CT molecular complexity index is 610. The molecule has 0 radical (unpaired) electrons. The van der Waals surface area contributed by atoms with Gasteiger partial charge >= 0.3 is 0 Å². The van der Waals surface area contributed by atoms with Crippen LogP contribution in [0.2, 0.25) is 0 Å². The van der Waals surface area contributed by atoms with Crippen molar-refractivity contribution < 1.29 is 13.5 Å². The molecule has 0 aliphatic rings. The summed E-state index contributed by atoms with van der Waals surface area (Å²) >= 11 is 0. The number of hydrogen-bond acceptors (Lipinski definition) is 3. The Morgan fingerprint density at radius 1 is 1.29 bits per heavy atom. The van der Waals surface area contributed by atoms with Crippen molar-refractivity contribution in [3.05, 3.63) is 29.8 Å². The topological polar surface area (TPSA) is 57.6 Å². The van der Waals surface area contributed by atoms with Gasteiger partial charge in [0.15, 0.2) is 0 Å². The molecule has 0 unspecified atom stereocenters. The molecule has 0 fully saturated rings. The quantitative estimate of drug-likeness (QED) is 0.820. The first kappa shape index (κ1) is 17.7. The predicted octanol–water partition coefficient (Wildman–Crippen LogP) is 2.23. The smallest absolute Gasteiger partial charge is 0.243 e. The van der Waals surface area contributed by atoms with E-state index in [4.69, 9.17) is 5.11 Å². The van der Waals surface area contributed by atoms with E-state index in [2.05, 4.69) is 11.8 Å². The molecule has 0 aliphatic heterocycles. The van der Waals surface area contributed by atoms with Gasteiger partial charge in [0, 0.05) is 25.1 Å². The van der Waals surface area contributed by atoms with Gasteiger partial charge in [-0.05, 0) is 31.0 Å². The van der Waals surface area contributed by atoms with E-state index in [0.29, 0.717) is 12.0 Å². The molecule has 0 amide bonds. The predicted molar refractivity (Wildman–Crippen MR) is 84.3 cm³/mol. The van der Waals surface area contributed by atoms with Gasteiger partial charge in [-0.2, -0.15) is 4.31 Å². The Hall–Kier alpha value is -1.35. The second kappa shape index (κ2) is 8.18. The van der Waals surface area contributed by atoms with Gasteiger partial charge in [-0.3, -0.25) is 0 Å². The summed E-state index contributed by atoms with van der Waals surface area (Å²) in [5, 5.41) is 8.71. The lowest BCUT2D eigenvalue weighted by atomic mass is 10.2. The zero-order valence-electron chi connectivity index (χ0n) is 12.8. The van der Waals surface area contributed by atoms with E-state index < -0.39 is 10.0 Å². The standard InChI is InChI=1S/C16H23NO3S/c1-4-15(5-2)17(3)21(19,20)16-11-8-10-14(13-16)9-6-7-12-18/h8,10-11,13,15,18H,4-5,7,12H2,1-3H3. The largest absolute Gasteiger partial charge is 0.395 e. The van der Waals surface area contributed by atoms with Crippen molar-refractivity contribution >= 4 is 10.0 Å². The number of benzene rings is 1. The Kier molecular flexibility index (Phi) is 6.90. The lowest BCUT2D eigenvalue weighted by Gasteiger charge is -2.25. The van der Waals surface area contributed by atoms with Gasteiger partial charge in [0.25, 0.3) is 0 Å². The molecule has 0 atom stereocenters. The molecule has 0 spiro atoms. The number of sulfonamides is 1. The van der Waals surface area contributed by atoms with Crippen LogP contribution in [0.1, 0.15) is 38.7 Å². The highest BCUT2D eigenvalue weighted by molar-refractivity contribution is 7.89. The first-order valence-electron chi connectivity index (χ1n) is 7.15. The molecule has 1 rings (SSSR count). The molecule has 1 N–H and O–H groups in total. The summed E-state index contributed by atoms with van der Waals surface area (Å²) in [6, 6.07) is 6.63. The molecule has 0 heterocycles. The highest BCUT2D eigenvalue weighted by Crippen LogP contribution is 2.20. The second-order valence-electron chi connectivity index (χ2n) is 4.79. The van der Waals surface area contributed by atoms with Crippen LogP contribution in [0, 0.1) is 11.8 Å². The van der Waals surface area contributed by atoms with Gasteiger partial charge in [0.2, 0.25) is 10.0 Å². The van der Waals surface area contributed by atoms with E-state index in [-0.39, 0.29) is 17.5 Å². The normalized spacial score (nSPS) is 11.5. The first-order valence-corrected chi connectivity index (χ1v) is 8.59. The van der Waals surface area contributed by atoms with Crippen molar-refractivity contribution in [2.24, 2.45) is 0 Å². The number of aliphatic hydroxyl groups is 1. The number of hydrogen-bond donors (Lipinski definition) is 1. The van der Waals surface area contributed by atoms with E-state index in [1.165, 1.54) is 4.31 Å². The maximum Gasteiger partial charge on any atom is 0.243 e. The fourth-order valence-electron chi connectivity index (χ4n) is 2.12. The molecule has 0 aliphatic carbocycles. The van der Waals surface area contributed by atoms with E-state index in [1.807, 2.05) is 13.8 Å². The second-order valence-corrected chi connectivity index (χ2v) is 6.79. The third kappa shape index (κ3) is 4.57. The maximum absolute atomic E-state index is 12.6. The summed E-state index contributed by atoms with van der Waals surface area (Å²) in [6.45, 7) is 3.97. The van der Waals surface area contributed by atoms with Crippen molar-refractivity contribution in [1.29, 1.82) is 0 Å². The molecule has 0 bridgehead atoms. The van der Waals surface area contributed by atoms with Crippen LogP contribution in [0.5, 0.6) is 0 Å². The minimum Gasteiger partial charge on any atom is -0.395 e. The van der Waals surface area contributed by atoms with Crippen molar-refractivity contribution in [1.82, 2.24) is 4.31 Å². The minimum atomic E-state index is -3.50. The van der Waals surface area contributed by atoms with E-state index in [0.717, 1.165) is 12.8 Å². The van der Waals surface area contributed by atoms with Crippen LogP contribution < -0.4 is 0 Å². The van der Waals surface area contributed by atoms with Crippen LogP contribution >= 0.6 is 0 Å². The lowest BCUT2D eigenvalue weighted by Crippen LogP contribution is -2.36. The SMILES string of the molecule is CCC(CC)N(C)S(=O)(=O)c1cccc(C#CCCO)c1. The number of nitrogens with zero attached hydrogens (tertiary/aromatic N) is 1. The Labute approximate surface area is 127 Å². The Morgan fingerprint density at radius 3 is 2.52 bits per heavy atom.